The SMILES string of the molecule is Nc1ncnc2n[nH]c(Cc3cccc(Cl)c3F)c12. The normalized spacial score (nSPS) is 11.1. The monoisotopic (exact) mass is 277 g/mol. The largest absolute Gasteiger partial charge is 0.383 e. The number of nitrogens with two attached hydrogens (primary N) is 1. The number of H-pyrrole nitrogens is 1. The van der Waals surface area contributed by atoms with E-state index in [0.29, 0.717) is 34.5 Å². The van der Waals surface area contributed by atoms with Crippen molar-refractivity contribution in [1.82, 2.24) is 20.2 Å². The Morgan fingerprint density at radius 1 is 1.32 bits per heavy atom. The Hall–Kier alpha value is -2.21. The first-order valence-corrected chi connectivity index (χ1v) is 5.91. The molecule has 2 aromatic heterocycles. The van der Waals surface area contributed by atoms with Crippen LogP contribution in [0.15, 0.2) is 24.5 Å². The first-order valence-electron chi connectivity index (χ1n) is 5.53. The average Bonchev–Trinajstić information content (AvgIpc) is 2.80. The van der Waals surface area contributed by atoms with E-state index >= 15 is 0 Å². The molecule has 3 rings (SSSR count). The number of anilines is 1. The third-order valence-corrected chi connectivity index (χ3v) is 3.15. The molecule has 0 unspecified atom stereocenters. The van der Waals surface area contributed by atoms with Gasteiger partial charge in [-0.3, -0.25) is 5.10 Å². The molecule has 0 saturated heterocycles. The number of nitrogen functional groups attached to an aromatic ring is 1. The summed E-state index contributed by atoms with van der Waals surface area (Å²) in [6.07, 6.45) is 1.63. The number of fused-ring (bicyclic) bond motifs is 1. The van der Waals surface area contributed by atoms with Gasteiger partial charge in [0.05, 0.1) is 16.1 Å². The lowest BCUT2D eigenvalue weighted by Gasteiger charge is -2.03. The van der Waals surface area contributed by atoms with E-state index in [1.807, 2.05) is 0 Å². The summed E-state index contributed by atoms with van der Waals surface area (Å²) in [6, 6.07) is 4.86. The van der Waals surface area contributed by atoms with Crippen LogP contribution in [0.4, 0.5) is 10.2 Å². The van der Waals surface area contributed by atoms with Crippen LogP contribution in [0.3, 0.4) is 0 Å². The van der Waals surface area contributed by atoms with Gasteiger partial charge in [0.15, 0.2) is 5.65 Å². The van der Waals surface area contributed by atoms with Crippen LogP contribution in [-0.2, 0) is 6.42 Å². The quantitative estimate of drug-likeness (QED) is 0.753. The fourth-order valence-electron chi connectivity index (χ4n) is 1.94. The van der Waals surface area contributed by atoms with Crippen molar-refractivity contribution in [1.29, 1.82) is 0 Å². The maximum Gasteiger partial charge on any atom is 0.186 e. The minimum Gasteiger partial charge on any atom is -0.383 e. The van der Waals surface area contributed by atoms with Crippen molar-refractivity contribution >= 4 is 28.5 Å². The van der Waals surface area contributed by atoms with Crippen LogP contribution in [0.2, 0.25) is 5.02 Å². The molecule has 0 aliphatic heterocycles. The van der Waals surface area contributed by atoms with Gasteiger partial charge >= 0.3 is 0 Å². The molecule has 96 valence electrons. The number of hydrogen-bond acceptors (Lipinski definition) is 4. The lowest BCUT2D eigenvalue weighted by atomic mass is 10.1. The maximum absolute atomic E-state index is 13.9. The van der Waals surface area contributed by atoms with Crippen molar-refractivity contribution in [2.24, 2.45) is 0 Å². The van der Waals surface area contributed by atoms with E-state index in [2.05, 4.69) is 20.2 Å². The van der Waals surface area contributed by atoms with E-state index in [4.69, 9.17) is 17.3 Å². The van der Waals surface area contributed by atoms with Crippen LogP contribution in [0.1, 0.15) is 11.3 Å². The second-order valence-corrected chi connectivity index (χ2v) is 4.46. The zero-order valence-corrected chi connectivity index (χ0v) is 10.4. The standard InChI is InChI=1S/C12H9ClFN5/c13-7-3-1-2-6(10(7)14)4-8-9-11(15)16-5-17-12(9)19-18-8/h1-3,5H,4H2,(H3,15,16,17,18,19). The molecule has 0 amide bonds. The molecule has 0 aliphatic carbocycles. The highest BCUT2D eigenvalue weighted by atomic mass is 35.5. The van der Waals surface area contributed by atoms with Gasteiger partial charge in [-0.1, -0.05) is 23.7 Å². The van der Waals surface area contributed by atoms with Gasteiger partial charge in [0.1, 0.15) is 18.0 Å². The molecule has 0 atom stereocenters. The molecule has 7 heteroatoms. The van der Waals surface area contributed by atoms with E-state index in [1.165, 1.54) is 12.4 Å². The molecule has 1 aromatic carbocycles. The van der Waals surface area contributed by atoms with Crippen molar-refractivity contribution in [3.8, 4) is 0 Å². The topological polar surface area (TPSA) is 80.5 Å². The second-order valence-electron chi connectivity index (χ2n) is 4.05. The molecule has 5 nitrogen and oxygen atoms in total. The second kappa shape index (κ2) is 4.47. The predicted octanol–water partition coefficient (Wildman–Crippen LogP) is 2.32. The Kier molecular flexibility index (Phi) is 2.79. The molecular weight excluding hydrogens is 269 g/mol. The fourth-order valence-corrected chi connectivity index (χ4v) is 2.14. The van der Waals surface area contributed by atoms with Crippen LogP contribution in [0.25, 0.3) is 11.0 Å². The van der Waals surface area contributed by atoms with Crippen molar-refractivity contribution < 1.29 is 4.39 Å². The highest BCUT2D eigenvalue weighted by molar-refractivity contribution is 6.30. The van der Waals surface area contributed by atoms with Crippen LogP contribution in [0, 0.1) is 5.82 Å². The van der Waals surface area contributed by atoms with Crippen LogP contribution < -0.4 is 5.73 Å². The molecule has 19 heavy (non-hydrogen) atoms. The molecular formula is C12H9ClFN5. The summed E-state index contributed by atoms with van der Waals surface area (Å²) in [5.41, 5.74) is 7.38. The minimum atomic E-state index is -0.442. The molecule has 0 saturated carbocycles. The van der Waals surface area contributed by atoms with E-state index in [1.54, 1.807) is 12.1 Å². The summed E-state index contributed by atoms with van der Waals surface area (Å²) >= 11 is 5.75. The van der Waals surface area contributed by atoms with Crippen molar-refractivity contribution in [3.63, 3.8) is 0 Å². The van der Waals surface area contributed by atoms with E-state index in [0.717, 1.165) is 0 Å². The van der Waals surface area contributed by atoms with Gasteiger partial charge < -0.3 is 5.73 Å². The van der Waals surface area contributed by atoms with Crippen LogP contribution in [0.5, 0.6) is 0 Å². The van der Waals surface area contributed by atoms with Gasteiger partial charge in [0.2, 0.25) is 0 Å². The lowest BCUT2D eigenvalue weighted by Crippen LogP contribution is -1.97. The molecule has 3 aromatic rings. The number of aromatic nitrogens is 4. The zero-order chi connectivity index (χ0) is 13.4. The van der Waals surface area contributed by atoms with Crippen molar-refractivity contribution in [2.75, 3.05) is 5.73 Å². The number of hydrogen-bond donors (Lipinski definition) is 2. The summed E-state index contributed by atoms with van der Waals surface area (Å²) in [5.74, 6) is -0.126. The first-order chi connectivity index (χ1) is 9.16. The Morgan fingerprint density at radius 2 is 2.16 bits per heavy atom. The number of halogens is 2. The van der Waals surface area contributed by atoms with Crippen LogP contribution in [-0.4, -0.2) is 20.2 Å². The lowest BCUT2D eigenvalue weighted by molar-refractivity contribution is 0.613. The number of nitrogens with one attached hydrogen (secondary N) is 1. The third-order valence-electron chi connectivity index (χ3n) is 2.85. The molecule has 0 bridgehead atoms. The highest BCUT2D eigenvalue weighted by Crippen LogP contribution is 2.24. The summed E-state index contributed by atoms with van der Waals surface area (Å²) in [7, 11) is 0. The Balaban J connectivity index is 2.09. The summed E-state index contributed by atoms with van der Waals surface area (Å²) < 4.78 is 13.9. The number of benzene rings is 1. The number of rotatable bonds is 2. The molecule has 2 heterocycles. The summed E-state index contributed by atoms with van der Waals surface area (Å²) in [4.78, 5) is 7.90. The zero-order valence-electron chi connectivity index (χ0n) is 9.69. The first kappa shape index (κ1) is 11.9. The predicted molar refractivity (Wildman–Crippen MR) is 70.3 cm³/mol. The summed E-state index contributed by atoms with van der Waals surface area (Å²) in [5, 5.41) is 7.52. The maximum atomic E-state index is 13.9. The average molecular weight is 278 g/mol. The van der Waals surface area contributed by atoms with Crippen molar-refractivity contribution in [3.05, 3.63) is 46.6 Å². The minimum absolute atomic E-state index is 0.0885. The number of aromatic amines is 1. The smallest absolute Gasteiger partial charge is 0.186 e. The highest BCUT2D eigenvalue weighted by Gasteiger charge is 2.14. The molecule has 0 aliphatic rings. The third kappa shape index (κ3) is 2.00. The van der Waals surface area contributed by atoms with Gasteiger partial charge in [0.25, 0.3) is 0 Å². The Labute approximate surface area is 112 Å². The molecule has 0 radical (unpaired) electrons. The molecule has 0 fully saturated rings. The van der Waals surface area contributed by atoms with E-state index in [-0.39, 0.29) is 5.02 Å². The number of nitrogens with zero attached hydrogens (tertiary/aromatic N) is 3. The molecule has 0 spiro atoms. The summed E-state index contributed by atoms with van der Waals surface area (Å²) in [6.45, 7) is 0. The van der Waals surface area contributed by atoms with Gasteiger partial charge in [-0.05, 0) is 11.6 Å². The Morgan fingerprint density at radius 3 is 3.00 bits per heavy atom. The van der Waals surface area contributed by atoms with Gasteiger partial charge in [-0.15, -0.1) is 0 Å². The van der Waals surface area contributed by atoms with Crippen LogP contribution >= 0.6 is 11.6 Å². The van der Waals surface area contributed by atoms with Crippen molar-refractivity contribution in [2.45, 2.75) is 6.42 Å². The van der Waals surface area contributed by atoms with E-state index in [9.17, 15) is 4.39 Å². The Bertz CT molecular complexity index is 755. The fraction of sp³-hybridized carbons (Fsp3) is 0.0833. The van der Waals surface area contributed by atoms with Gasteiger partial charge in [-0.2, -0.15) is 5.10 Å². The van der Waals surface area contributed by atoms with E-state index < -0.39 is 5.82 Å². The van der Waals surface area contributed by atoms with Gasteiger partial charge in [0, 0.05) is 6.42 Å². The van der Waals surface area contributed by atoms with Gasteiger partial charge in [-0.25, -0.2) is 14.4 Å². The molecule has 3 N–H and O–H groups in total.